The van der Waals surface area contributed by atoms with Crippen LogP contribution in [0.3, 0.4) is 0 Å². The summed E-state index contributed by atoms with van der Waals surface area (Å²) in [5.74, 6) is 0.609. The Morgan fingerprint density at radius 3 is 2.78 bits per heavy atom. The highest BCUT2D eigenvalue weighted by atomic mass is 79.9. The maximum Gasteiger partial charge on any atom is 0.266 e. The number of thiocarbonyl (C=S) groups is 1. The molecule has 2 aromatic rings. The summed E-state index contributed by atoms with van der Waals surface area (Å²) in [7, 11) is 0. The number of nitrogens with zero attached hydrogens (tertiary/aromatic N) is 2. The predicted molar refractivity (Wildman–Crippen MR) is 115 cm³/mol. The van der Waals surface area contributed by atoms with Crippen molar-refractivity contribution < 1.29 is 9.53 Å². The average Bonchev–Trinajstić information content (AvgIpc) is 2.94. The van der Waals surface area contributed by atoms with Gasteiger partial charge >= 0.3 is 0 Å². The van der Waals surface area contributed by atoms with Gasteiger partial charge in [-0.2, -0.15) is 5.26 Å². The number of hydrogen-bond acceptors (Lipinski definition) is 5. The van der Waals surface area contributed by atoms with Crippen molar-refractivity contribution in [1.29, 1.82) is 5.26 Å². The van der Waals surface area contributed by atoms with Crippen LogP contribution in [0.5, 0.6) is 5.75 Å². The molecule has 0 radical (unpaired) electrons. The molecule has 3 rings (SSSR count). The maximum atomic E-state index is 12.3. The van der Waals surface area contributed by atoms with Gasteiger partial charge in [-0.05, 0) is 52.7 Å². The number of hydrogen-bond donors (Lipinski definition) is 0. The summed E-state index contributed by atoms with van der Waals surface area (Å²) in [6.45, 7) is 2.78. The number of nitriles is 1. The molecule has 0 bridgehead atoms. The molecule has 0 N–H and O–H groups in total. The van der Waals surface area contributed by atoms with Gasteiger partial charge in [0.25, 0.3) is 5.91 Å². The first-order valence-electron chi connectivity index (χ1n) is 8.19. The molecule has 1 heterocycles. The molecular weight excluding hydrogens is 444 g/mol. The minimum Gasteiger partial charge on any atom is -0.488 e. The van der Waals surface area contributed by atoms with Crippen LogP contribution in [0.2, 0.25) is 0 Å². The van der Waals surface area contributed by atoms with E-state index in [-0.39, 0.29) is 5.91 Å². The molecule has 1 amide bonds. The Labute approximate surface area is 175 Å². The van der Waals surface area contributed by atoms with E-state index in [0.717, 1.165) is 15.6 Å². The molecule has 136 valence electrons. The van der Waals surface area contributed by atoms with Gasteiger partial charge in [0.2, 0.25) is 0 Å². The van der Waals surface area contributed by atoms with E-state index < -0.39 is 0 Å². The van der Waals surface area contributed by atoms with Crippen LogP contribution in [0.4, 0.5) is 0 Å². The minimum absolute atomic E-state index is 0.0583. The Morgan fingerprint density at radius 2 is 2.11 bits per heavy atom. The lowest BCUT2D eigenvalue weighted by Gasteiger charge is -2.10. The van der Waals surface area contributed by atoms with Crippen molar-refractivity contribution in [1.82, 2.24) is 4.90 Å². The highest BCUT2D eigenvalue weighted by Crippen LogP contribution is 2.34. The van der Waals surface area contributed by atoms with Crippen LogP contribution >= 0.6 is 39.9 Å². The fraction of sp³-hybridized carbons (Fsp3) is 0.150. The Morgan fingerprint density at radius 1 is 1.33 bits per heavy atom. The molecule has 0 aliphatic carbocycles. The van der Waals surface area contributed by atoms with E-state index in [1.165, 1.54) is 11.8 Å². The zero-order valence-corrected chi connectivity index (χ0v) is 17.7. The van der Waals surface area contributed by atoms with E-state index >= 15 is 0 Å². The molecule has 0 saturated carbocycles. The molecule has 4 nitrogen and oxygen atoms in total. The van der Waals surface area contributed by atoms with Crippen LogP contribution in [-0.2, 0) is 11.4 Å². The summed E-state index contributed by atoms with van der Waals surface area (Å²) >= 11 is 10.1. The van der Waals surface area contributed by atoms with Crippen molar-refractivity contribution in [2.24, 2.45) is 0 Å². The molecule has 1 saturated heterocycles. The van der Waals surface area contributed by atoms with E-state index in [1.807, 2.05) is 49.4 Å². The highest BCUT2D eigenvalue weighted by molar-refractivity contribution is 9.10. The van der Waals surface area contributed by atoms with Gasteiger partial charge in [-0.3, -0.25) is 9.69 Å². The van der Waals surface area contributed by atoms with Crippen molar-refractivity contribution in [2.75, 3.05) is 6.54 Å². The van der Waals surface area contributed by atoms with E-state index in [1.54, 1.807) is 11.0 Å². The second-order valence-corrected chi connectivity index (χ2v) is 8.20. The fourth-order valence-corrected chi connectivity index (χ4v) is 4.45. The van der Waals surface area contributed by atoms with Crippen molar-refractivity contribution in [3.05, 3.63) is 68.5 Å². The van der Waals surface area contributed by atoms with Crippen LogP contribution in [-0.4, -0.2) is 21.7 Å². The van der Waals surface area contributed by atoms with Crippen LogP contribution in [0, 0.1) is 11.3 Å². The van der Waals surface area contributed by atoms with E-state index in [4.69, 9.17) is 22.2 Å². The van der Waals surface area contributed by atoms with Crippen LogP contribution < -0.4 is 4.74 Å². The summed E-state index contributed by atoms with van der Waals surface area (Å²) in [5, 5.41) is 9.16. The van der Waals surface area contributed by atoms with Crippen LogP contribution in [0.15, 0.2) is 51.8 Å². The lowest BCUT2D eigenvalue weighted by Crippen LogP contribution is -2.27. The number of thioether (sulfide) groups is 1. The standard InChI is InChI=1S/C20H15BrN2O2S2/c1-2-23-19(24)18(27-20(23)26)10-13-7-8-17(16(21)9-13)25-12-15-6-4-3-5-14(15)11-22/h3-10H,2,12H2,1H3/b18-10-. The predicted octanol–water partition coefficient (Wildman–Crippen LogP) is 5.12. The number of rotatable bonds is 5. The van der Waals surface area contributed by atoms with Crippen molar-refractivity contribution in [2.45, 2.75) is 13.5 Å². The third-order valence-electron chi connectivity index (χ3n) is 3.96. The minimum atomic E-state index is -0.0583. The van der Waals surface area contributed by atoms with Crippen molar-refractivity contribution >= 4 is 56.2 Å². The zero-order chi connectivity index (χ0) is 19.4. The fourth-order valence-electron chi connectivity index (χ4n) is 2.56. The van der Waals surface area contributed by atoms with Gasteiger partial charge in [0.05, 0.1) is 21.0 Å². The van der Waals surface area contributed by atoms with Gasteiger partial charge in [0, 0.05) is 12.1 Å². The molecular formula is C20H15BrN2O2S2. The zero-order valence-electron chi connectivity index (χ0n) is 14.4. The maximum absolute atomic E-state index is 12.3. The summed E-state index contributed by atoms with van der Waals surface area (Å²) in [6.07, 6.45) is 1.83. The first-order chi connectivity index (χ1) is 13.0. The van der Waals surface area contributed by atoms with Crippen LogP contribution in [0.1, 0.15) is 23.6 Å². The molecule has 7 heteroatoms. The first-order valence-corrected chi connectivity index (χ1v) is 10.2. The molecule has 1 aliphatic rings. The number of ether oxygens (including phenoxy) is 1. The summed E-state index contributed by atoms with van der Waals surface area (Å²) in [6, 6.07) is 15.1. The Bertz CT molecular complexity index is 982. The van der Waals surface area contributed by atoms with Gasteiger partial charge in [0.1, 0.15) is 16.7 Å². The summed E-state index contributed by atoms with van der Waals surface area (Å²) in [4.78, 5) is 14.5. The number of halogens is 1. The summed E-state index contributed by atoms with van der Waals surface area (Å²) < 4.78 is 7.20. The van der Waals surface area contributed by atoms with Gasteiger partial charge in [0.15, 0.2) is 0 Å². The van der Waals surface area contributed by atoms with Crippen molar-refractivity contribution in [3.63, 3.8) is 0 Å². The highest BCUT2D eigenvalue weighted by Gasteiger charge is 2.30. The molecule has 27 heavy (non-hydrogen) atoms. The second kappa shape index (κ2) is 8.70. The lowest BCUT2D eigenvalue weighted by atomic mass is 10.1. The SMILES string of the molecule is CCN1C(=O)/C(=C/c2ccc(OCc3ccccc3C#N)c(Br)c2)SC1=S. The molecule has 0 aromatic heterocycles. The third-order valence-corrected chi connectivity index (χ3v) is 5.96. The largest absolute Gasteiger partial charge is 0.488 e. The van der Waals surface area contributed by atoms with Gasteiger partial charge < -0.3 is 4.74 Å². The number of amides is 1. The number of carbonyl (C=O) groups is 1. The normalized spacial score (nSPS) is 15.3. The van der Waals surface area contributed by atoms with Crippen LogP contribution in [0.25, 0.3) is 6.08 Å². The molecule has 0 atom stereocenters. The lowest BCUT2D eigenvalue weighted by molar-refractivity contribution is -0.121. The molecule has 0 unspecified atom stereocenters. The Balaban J connectivity index is 1.75. The monoisotopic (exact) mass is 458 g/mol. The molecule has 2 aromatic carbocycles. The van der Waals surface area contributed by atoms with Gasteiger partial charge in [-0.1, -0.05) is 48.2 Å². The average molecular weight is 459 g/mol. The van der Waals surface area contributed by atoms with Gasteiger partial charge in [-0.15, -0.1) is 0 Å². The second-order valence-electron chi connectivity index (χ2n) is 5.67. The third kappa shape index (κ3) is 4.41. The molecule has 1 aliphatic heterocycles. The van der Waals surface area contributed by atoms with Gasteiger partial charge in [-0.25, -0.2) is 0 Å². The Kier molecular flexibility index (Phi) is 6.32. The topological polar surface area (TPSA) is 53.3 Å². The first kappa shape index (κ1) is 19.6. The summed E-state index contributed by atoms with van der Waals surface area (Å²) in [5.41, 5.74) is 2.31. The smallest absolute Gasteiger partial charge is 0.266 e. The number of benzene rings is 2. The van der Waals surface area contributed by atoms with E-state index in [2.05, 4.69) is 22.0 Å². The number of likely N-dealkylation sites (N-methyl/N-ethyl adjacent to an activating group) is 1. The quantitative estimate of drug-likeness (QED) is 0.459. The van der Waals surface area contributed by atoms with E-state index in [0.29, 0.717) is 33.7 Å². The number of carbonyl (C=O) groups excluding carboxylic acids is 1. The molecule has 1 fully saturated rings. The van der Waals surface area contributed by atoms with E-state index in [9.17, 15) is 4.79 Å². The van der Waals surface area contributed by atoms with Crippen molar-refractivity contribution in [3.8, 4) is 11.8 Å². The Hall–Kier alpha value is -2.14. The molecule has 0 spiro atoms.